The average molecular weight is 237 g/mol. The van der Waals surface area contributed by atoms with E-state index in [4.69, 9.17) is 5.73 Å². The van der Waals surface area contributed by atoms with Crippen LogP contribution in [-0.2, 0) is 5.54 Å². The Kier molecular flexibility index (Phi) is 3.70. The van der Waals surface area contributed by atoms with E-state index in [0.717, 1.165) is 11.8 Å². The molecule has 2 unspecified atom stereocenters. The molecule has 0 spiro atoms. The summed E-state index contributed by atoms with van der Waals surface area (Å²) < 4.78 is 0. The Labute approximate surface area is 103 Å². The Balaban J connectivity index is 2.06. The minimum atomic E-state index is -0.0219. The minimum absolute atomic E-state index is 0.0219. The number of nitrogens with two attached hydrogens (primary N) is 1. The Morgan fingerprint density at radius 3 is 3.00 bits per heavy atom. The van der Waals surface area contributed by atoms with Gasteiger partial charge in [-0.2, -0.15) is 0 Å². The van der Waals surface area contributed by atoms with E-state index < -0.39 is 0 Å². The molecule has 2 rings (SSSR count). The van der Waals surface area contributed by atoms with Gasteiger partial charge in [0, 0.05) is 4.88 Å². The topological polar surface area (TPSA) is 26.0 Å². The van der Waals surface area contributed by atoms with Gasteiger partial charge >= 0.3 is 0 Å². The highest BCUT2D eigenvalue weighted by Crippen LogP contribution is 2.41. The van der Waals surface area contributed by atoms with Gasteiger partial charge in [0.05, 0.1) is 5.54 Å². The van der Waals surface area contributed by atoms with Crippen molar-refractivity contribution < 1.29 is 0 Å². The first-order valence-corrected chi connectivity index (χ1v) is 7.31. The summed E-state index contributed by atoms with van der Waals surface area (Å²) in [6.07, 6.45) is 6.37. The molecule has 1 saturated carbocycles. The maximum absolute atomic E-state index is 6.60. The van der Waals surface area contributed by atoms with Crippen LogP contribution in [0.1, 0.15) is 50.8 Å². The molecule has 2 atom stereocenters. The predicted octanol–water partition coefficient (Wildman–Crippen LogP) is 4.14. The summed E-state index contributed by atoms with van der Waals surface area (Å²) in [5.41, 5.74) is 6.58. The molecule has 0 amide bonds. The lowest BCUT2D eigenvalue weighted by atomic mass is 9.73. The number of hydrogen-bond donors (Lipinski definition) is 1. The van der Waals surface area contributed by atoms with Crippen LogP contribution in [0.15, 0.2) is 17.5 Å². The summed E-state index contributed by atoms with van der Waals surface area (Å²) in [7, 11) is 0. The van der Waals surface area contributed by atoms with Crippen LogP contribution in [0.2, 0.25) is 0 Å². The quantitative estimate of drug-likeness (QED) is 0.840. The molecule has 1 heterocycles. The molecule has 2 N–H and O–H groups in total. The molecule has 16 heavy (non-hydrogen) atoms. The molecule has 0 aromatic carbocycles. The van der Waals surface area contributed by atoms with Crippen LogP contribution in [0, 0.1) is 11.8 Å². The zero-order valence-electron chi connectivity index (χ0n) is 10.4. The van der Waals surface area contributed by atoms with Crippen LogP contribution in [0.5, 0.6) is 0 Å². The number of rotatable bonds is 3. The minimum Gasteiger partial charge on any atom is -0.321 e. The summed E-state index contributed by atoms with van der Waals surface area (Å²) in [5.74, 6) is 1.64. The fraction of sp³-hybridized carbons (Fsp3) is 0.714. The molecule has 0 saturated heterocycles. The van der Waals surface area contributed by atoms with E-state index in [1.54, 1.807) is 0 Å². The van der Waals surface area contributed by atoms with Gasteiger partial charge in [0.15, 0.2) is 0 Å². The van der Waals surface area contributed by atoms with E-state index in [1.807, 2.05) is 11.3 Å². The standard InChI is InChI=1S/C14H23NS/c1-11(2)9-12-5-3-7-14(15,10-12)13-6-4-8-16-13/h4,6,8,11-12H,3,5,7,9-10,15H2,1-2H3. The fourth-order valence-electron chi connectivity index (χ4n) is 3.08. The lowest BCUT2D eigenvalue weighted by Crippen LogP contribution is -2.41. The van der Waals surface area contributed by atoms with Crippen LogP contribution in [0.25, 0.3) is 0 Å². The van der Waals surface area contributed by atoms with Crippen molar-refractivity contribution in [3.63, 3.8) is 0 Å². The van der Waals surface area contributed by atoms with Crippen LogP contribution in [-0.4, -0.2) is 0 Å². The Morgan fingerprint density at radius 1 is 1.56 bits per heavy atom. The normalized spacial score (nSPS) is 30.9. The molecule has 0 aliphatic heterocycles. The molecule has 90 valence electrons. The third-order valence-electron chi connectivity index (χ3n) is 3.70. The van der Waals surface area contributed by atoms with Gasteiger partial charge in [0.2, 0.25) is 0 Å². The third kappa shape index (κ3) is 2.67. The summed E-state index contributed by atoms with van der Waals surface area (Å²) >= 11 is 1.82. The Morgan fingerprint density at radius 2 is 2.38 bits per heavy atom. The smallest absolute Gasteiger partial charge is 0.0506 e. The van der Waals surface area contributed by atoms with Crippen molar-refractivity contribution in [2.45, 2.75) is 51.5 Å². The average Bonchev–Trinajstić information content (AvgIpc) is 2.69. The second-order valence-electron chi connectivity index (χ2n) is 5.73. The highest BCUT2D eigenvalue weighted by Gasteiger charge is 2.34. The SMILES string of the molecule is CC(C)CC1CCCC(N)(c2cccs2)C1. The van der Waals surface area contributed by atoms with Gasteiger partial charge in [-0.05, 0) is 42.5 Å². The monoisotopic (exact) mass is 237 g/mol. The second-order valence-corrected chi connectivity index (χ2v) is 6.67. The van der Waals surface area contributed by atoms with E-state index in [1.165, 1.54) is 37.0 Å². The van der Waals surface area contributed by atoms with Crippen molar-refractivity contribution >= 4 is 11.3 Å². The molecule has 1 fully saturated rings. The summed E-state index contributed by atoms with van der Waals surface area (Å²) in [6, 6.07) is 4.34. The van der Waals surface area contributed by atoms with Crippen LogP contribution in [0.4, 0.5) is 0 Å². The Hall–Kier alpha value is -0.340. The first kappa shape index (κ1) is 12.1. The van der Waals surface area contributed by atoms with Gasteiger partial charge < -0.3 is 5.73 Å². The molecule has 0 radical (unpaired) electrons. The fourth-order valence-corrected chi connectivity index (χ4v) is 3.96. The van der Waals surface area contributed by atoms with Gasteiger partial charge in [0.25, 0.3) is 0 Å². The van der Waals surface area contributed by atoms with Crippen molar-refractivity contribution in [1.82, 2.24) is 0 Å². The third-order valence-corrected chi connectivity index (χ3v) is 4.79. The lowest BCUT2D eigenvalue weighted by Gasteiger charge is -2.38. The Bertz CT molecular complexity index is 317. The predicted molar refractivity (Wildman–Crippen MR) is 71.6 cm³/mol. The molecule has 1 aromatic heterocycles. The van der Waals surface area contributed by atoms with Crippen LogP contribution >= 0.6 is 11.3 Å². The van der Waals surface area contributed by atoms with Crippen molar-refractivity contribution in [1.29, 1.82) is 0 Å². The van der Waals surface area contributed by atoms with E-state index in [-0.39, 0.29) is 5.54 Å². The molecule has 1 nitrogen and oxygen atoms in total. The van der Waals surface area contributed by atoms with Crippen molar-refractivity contribution in [2.24, 2.45) is 17.6 Å². The number of hydrogen-bond acceptors (Lipinski definition) is 2. The largest absolute Gasteiger partial charge is 0.321 e. The highest BCUT2D eigenvalue weighted by atomic mass is 32.1. The summed E-state index contributed by atoms with van der Waals surface area (Å²) in [4.78, 5) is 1.39. The van der Waals surface area contributed by atoms with E-state index in [0.29, 0.717) is 0 Å². The molecule has 0 bridgehead atoms. The van der Waals surface area contributed by atoms with Gasteiger partial charge in [-0.1, -0.05) is 32.8 Å². The first-order chi connectivity index (χ1) is 7.60. The van der Waals surface area contributed by atoms with E-state index >= 15 is 0 Å². The molecule has 2 heteroatoms. The molecule has 1 aliphatic rings. The van der Waals surface area contributed by atoms with Crippen molar-refractivity contribution in [3.05, 3.63) is 22.4 Å². The van der Waals surface area contributed by atoms with Crippen LogP contribution in [0.3, 0.4) is 0 Å². The summed E-state index contributed by atoms with van der Waals surface area (Å²) in [5, 5.41) is 2.15. The zero-order valence-corrected chi connectivity index (χ0v) is 11.2. The molecular weight excluding hydrogens is 214 g/mol. The second kappa shape index (κ2) is 4.89. The van der Waals surface area contributed by atoms with Crippen molar-refractivity contribution in [3.8, 4) is 0 Å². The lowest BCUT2D eigenvalue weighted by molar-refractivity contribution is 0.205. The maximum atomic E-state index is 6.60. The van der Waals surface area contributed by atoms with E-state index in [2.05, 4.69) is 31.4 Å². The van der Waals surface area contributed by atoms with Crippen LogP contribution < -0.4 is 5.73 Å². The molecular formula is C14H23NS. The zero-order chi connectivity index (χ0) is 11.6. The summed E-state index contributed by atoms with van der Waals surface area (Å²) in [6.45, 7) is 4.63. The van der Waals surface area contributed by atoms with E-state index in [9.17, 15) is 0 Å². The molecule has 1 aromatic rings. The van der Waals surface area contributed by atoms with Gasteiger partial charge in [-0.15, -0.1) is 11.3 Å². The highest BCUT2D eigenvalue weighted by molar-refractivity contribution is 7.10. The van der Waals surface area contributed by atoms with Gasteiger partial charge in [-0.25, -0.2) is 0 Å². The maximum Gasteiger partial charge on any atom is 0.0506 e. The van der Waals surface area contributed by atoms with Crippen molar-refractivity contribution in [2.75, 3.05) is 0 Å². The van der Waals surface area contributed by atoms with Gasteiger partial charge in [-0.3, -0.25) is 0 Å². The van der Waals surface area contributed by atoms with Gasteiger partial charge in [0.1, 0.15) is 0 Å². The first-order valence-electron chi connectivity index (χ1n) is 6.43. The molecule has 1 aliphatic carbocycles. The number of thiophene rings is 1.